The maximum atomic E-state index is 14.3. The highest BCUT2D eigenvalue weighted by Gasteiger charge is 2.42. The number of nitrogens with zero attached hydrogens (tertiary/aromatic N) is 4. The number of nitrogens with two attached hydrogens (primary N) is 1. The van der Waals surface area contributed by atoms with Crippen LogP contribution in [-0.4, -0.2) is 123 Å². The third-order valence-corrected chi connectivity index (χ3v) is 16.5. The summed E-state index contributed by atoms with van der Waals surface area (Å²) in [5, 5.41) is 32.7. The van der Waals surface area contributed by atoms with Crippen LogP contribution in [0.3, 0.4) is 0 Å². The number of aromatic amines is 1. The number of rotatable bonds is 29. The zero-order valence-corrected chi connectivity index (χ0v) is 57.8. The average molecular weight is 1290 g/mol. The number of H-pyrrole nitrogens is 1. The quantitative estimate of drug-likeness (QED) is 0.0133. The van der Waals surface area contributed by atoms with Crippen molar-refractivity contribution < 1.29 is 53.0 Å². The number of fused-ring (bicyclic) bond motifs is 5. The van der Waals surface area contributed by atoms with Gasteiger partial charge in [-0.15, -0.1) is 0 Å². The Hall–Kier alpha value is -8.85. The van der Waals surface area contributed by atoms with Gasteiger partial charge >= 0.3 is 18.0 Å². The Morgan fingerprint density at radius 3 is 1.94 bits per heavy atom. The molecule has 1 aliphatic heterocycles. The summed E-state index contributed by atoms with van der Waals surface area (Å²) >= 11 is 0. The lowest BCUT2D eigenvalue weighted by atomic mass is 9.76. The second-order valence-electron chi connectivity index (χ2n) is 28.3. The van der Waals surface area contributed by atoms with Crippen molar-refractivity contribution in [2.75, 3.05) is 25.5 Å². The number of ketones is 2. The number of urea groups is 1. The van der Waals surface area contributed by atoms with Crippen LogP contribution in [0.1, 0.15) is 157 Å². The fraction of sp³-hybridized carbons (Fsp3) is 0.493. The van der Waals surface area contributed by atoms with Gasteiger partial charge in [-0.2, -0.15) is 15.4 Å². The van der Waals surface area contributed by atoms with Gasteiger partial charge in [0.15, 0.2) is 5.78 Å². The summed E-state index contributed by atoms with van der Waals surface area (Å²) in [5.41, 5.74) is 11.3. The number of anilines is 1. The number of para-hydroxylation sites is 1. The summed E-state index contributed by atoms with van der Waals surface area (Å²) in [6.45, 7) is 27.3. The maximum absolute atomic E-state index is 14.3. The number of nitrogens with one attached hydrogen (secondary N) is 5. The molecule has 0 spiro atoms. The highest BCUT2D eigenvalue weighted by atomic mass is 16.5. The smallest absolute Gasteiger partial charge is 0.331 e. The van der Waals surface area contributed by atoms with Gasteiger partial charge in [0.25, 0.3) is 0 Å². The molecule has 2 heterocycles. The fourth-order valence-electron chi connectivity index (χ4n) is 11.2. The molecule has 5 atom stereocenters. The molecule has 0 saturated heterocycles. The molecule has 94 heavy (non-hydrogen) atoms. The molecule has 0 radical (unpaired) electrons. The number of hydrogen-bond donors (Lipinski definition) is 7. The lowest BCUT2D eigenvalue weighted by molar-refractivity contribution is -0.144. The van der Waals surface area contributed by atoms with Gasteiger partial charge in [0.1, 0.15) is 29.8 Å². The van der Waals surface area contributed by atoms with Gasteiger partial charge in [0, 0.05) is 67.3 Å². The monoisotopic (exact) mass is 1290 g/mol. The Morgan fingerprint density at radius 1 is 0.734 bits per heavy atom. The van der Waals surface area contributed by atoms with Gasteiger partial charge < -0.3 is 46.6 Å². The number of carboxylic acids is 1. The topological polar surface area (TPSA) is 305 Å². The molecule has 5 aromatic rings. The van der Waals surface area contributed by atoms with Gasteiger partial charge in [0.2, 0.25) is 23.6 Å². The molecule has 21 heteroatoms. The van der Waals surface area contributed by atoms with Crippen molar-refractivity contribution in [2.45, 2.75) is 185 Å². The Morgan fingerprint density at radius 2 is 1.34 bits per heavy atom. The summed E-state index contributed by atoms with van der Waals surface area (Å²) < 4.78 is 5.70. The number of carboxylic acid groups (broad SMARTS) is 1. The van der Waals surface area contributed by atoms with Crippen LogP contribution in [0, 0.1) is 28.6 Å². The predicted octanol–water partition coefficient (Wildman–Crippen LogP) is 9.99. The maximum Gasteiger partial charge on any atom is 0.331 e. The SMILES string of the molecule is CC(C)(C)C.CN[C@H](C(=O)N[C@H](C(=O)N(C)[C@H](/C=C(\C)C(=O)O)C(C)C)C(C)(C)C)C(C)(C)c1cccc(CC(=O)OCc2ccc(CC(=O)[C@H](CCCNC(N)=O)NC(=O)[C@@H](CC(=O)CCC(=O)N3Cc4ccccc4-c4n[nH]nc4-c4ccccc43)C(C)C)cc2)c1. The highest BCUT2D eigenvalue weighted by Crippen LogP contribution is 2.40. The largest absolute Gasteiger partial charge is 0.478 e. The number of ether oxygens (including phenoxy) is 1. The van der Waals surface area contributed by atoms with Gasteiger partial charge in [-0.1, -0.05) is 187 Å². The summed E-state index contributed by atoms with van der Waals surface area (Å²) in [6.07, 6.45) is 1.53. The Bertz CT molecular complexity index is 3500. The van der Waals surface area contributed by atoms with E-state index in [9.17, 15) is 48.3 Å². The zero-order valence-electron chi connectivity index (χ0n) is 57.8. The van der Waals surface area contributed by atoms with E-state index in [4.69, 9.17) is 10.5 Å². The third-order valence-electron chi connectivity index (χ3n) is 16.5. The molecule has 0 bridgehead atoms. The van der Waals surface area contributed by atoms with E-state index in [1.165, 1.54) is 11.8 Å². The molecular weight excluding hydrogens is 1190 g/mol. The van der Waals surface area contributed by atoms with Crippen LogP contribution in [0.2, 0.25) is 0 Å². The van der Waals surface area contributed by atoms with Crippen molar-refractivity contribution in [2.24, 2.45) is 34.3 Å². The van der Waals surface area contributed by atoms with E-state index < -0.39 is 70.7 Å². The molecule has 6 amide bonds. The second-order valence-corrected chi connectivity index (χ2v) is 28.3. The summed E-state index contributed by atoms with van der Waals surface area (Å²) in [7, 11) is 3.27. The molecule has 508 valence electrons. The average Bonchev–Trinajstić information content (AvgIpc) is 1.39. The molecule has 1 aromatic heterocycles. The highest BCUT2D eigenvalue weighted by molar-refractivity contribution is 6.02. The minimum absolute atomic E-state index is 0.0587. The van der Waals surface area contributed by atoms with Gasteiger partial charge in [-0.05, 0) is 83.4 Å². The number of esters is 1. The van der Waals surface area contributed by atoms with E-state index in [1.54, 1.807) is 61.5 Å². The van der Waals surface area contributed by atoms with Gasteiger partial charge in [-0.25, -0.2) is 9.59 Å². The minimum Gasteiger partial charge on any atom is -0.478 e. The molecule has 6 rings (SSSR count). The molecule has 0 aliphatic carbocycles. The first-order valence-electron chi connectivity index (χ1n) is 32.3. The summed E-state index contributed by atoms with van der Waals surface area (Å²) in [4.78, 5) is 124. The van der Waals surface area contributed by atoms with E-state index >= 15 is 0 Å². The number of aromatic nitrogens is 3. The van der Waals surface area contributed by atoms with Crippen molar-refractivity contribution in [3.8, 4) is 22.5 Å². The Kier molecular flexibility index (Phi) is 27.3. The molecular formula is C73H100N10O11. The van der Waals surface area contributed by atoms with Crippen molar-refractivity contribution >= 4 is 58.9 Å². The van der Waals surface area contributed by atoms with E-state index in [0.717, 1.165) is 16.7 Å². The number of carbonyl (C=O) groups is 9. The van der Waals surface area contributed by atoms with Gasteiger partial charge in [0.05, 0.1) is 36.8 Å². The molecule has 1 aliphatic rings. The first-order valence-corrected chi connectivity index (χ1v) is 32.3. The summed E-state index contributed by atoms with van der Waals surface area (Å²) in [5.74, 6) is -4.96. The predicted molar refractivity (Wildman–Crippen MR) is 365 cm³/mol. The Labute approximate surface area is 554 Å². The number of benzene rings is 4. The molecule has 0 fully saturated rings. The second kappa shape index (κ2) is 33.8. The number of hydrogen-bond acceptors (Lipinski definition) is 13. The number of carbonyl (C=O) groups excluding carboxylic acids is 8. The van der Waals surface area contributed by atoms with Crippen LogP contribution < -0.4 is 31.9 Å². The molecule has 0 saturated carbocycles. The number of aliphatic carboxylic acids is 1. The van der Waals surface area contributed by atoms with Crippen LogP contribution in [0.4, 0.5) is 10.5 Å². The van der Waals surface area contributed by atoms with Gasteiger partial charge in [-0.3, -0.25) is 33.6 Å². The Balaban J connectivity index is 0.00000308. The van der Waals surface area contributed by atoms with Crippen molar-refractivity contribution in [1.82, 2.24) is 41.6 Å². The number of primary amides is 1. The third kappa shape index (κ3) is 21.9. The zero-order chi connectivity index (χ0) is 70.0. The summed E-state index contributed by atoms with van der Waals surface area (Å²) in [6, 6.07) is 25.3. The fourth-order valence-corrected chi connectivity index (χ4v) is 11.2. The molecule has 0 unspecified atom stereocenters. The number of likely N-dealkylation sites (N-methyl/N-ethyl adjacent to an activating group) is 2. The van der Waals surface area contributed by atoms with Crippen molar-refractivity contribution in [3.63, 3.8) is 0 Å². The number of Topliss-reactive ketones (excluding diaryl/α,β-unsaturated/α-hetero) is 2. The first kappa shape index (κ1) is 75.9. The van der Waals surface area contributed by atoms with Crippen LogP contribution >= 0.6 is 0 Å². The van der Waals surface area contributed by atoms with E-state index in [-0.39, 0.29) is 99.0 Å². The minimum atomic E-state index is -1.08. The normalized spacial score (nSPS) is 14.0. The van der Waals surface area contributed by atoms with Crippen molar-refractivity contribution in [1.29, 1.82) is 0 Å². The molecule has 4 aromatic carbocycles. The standard InChI is InChI=1S/C68H88N10O11.C5H12/c1-40(2)51(37-48(79)30-31-56(81)78-38-46-20-13-14-22-49(46)58-59(75-76-74-58)50-23-15-16-25-53(50)78)62(83)72-52(24-18-32-71-66(69)88)55(80)35-43-26-28-44(29-27-43)39-89-57(82)36-45-19-17-21-47(34-45)68(9,10)60(70-11)63(84)73-61(67(6,7)8)64(85)77(12)54(41(3)4)33-42(5)65(86)87;1-5(2,3)4/h13-17,19-23,25-29,33-34,40-41,51-52,54,60-61,70H,18,24,30-32,35-39H2,1-12H3,(H,72,83)(H,73,84)(H,86,87)(H3,69,71,88)(H,74,75,76);1-4H3/b42-33+;/t51-,52-,54+,60+,61+;/m0./s1. The van der Waals surface area contributed by atoms with Crippen LogP contribution in [-0.2, 0) is 74.5 Å². The van der Waals surface area contributed by atoms with Crippen LogP contribution in [0.25, 0.3) is 22.5 Å². The number of amides is 6. The van der Waals surface area contributed by atoms with Crippen LogP contribution in [0.15, 0.2) is 109 Å². The lowest BCUT2D eigenvalue weighted by Gasteiger charge is -2.40. The van der Waals surface area contributed by atoms with E-state index in [1.807, 2.05) is 123 Å². The van der Waals surface area contributed by atoms with E-state index in [2.05, 4.69) is 64.4 Å². The lowest BCUT2D eigenvalue weighted by Crippen LogP contribution is -2.61. The van der Waals surface area contributed by atoms with E-state index in [0.29, 0.717) is 51.2 Å². The van der Waals surface area contributed by atoms with Crippen LogP contribution in [0.5, 0.6) is 0 Å². The van der Waals surface area contributed by atoms with Crippen molar-refractivity contribution in [3.05, 3.63) is 137 Å². The first-order chi connectivity index (χ1) is 44.0. The molecule has 21 nitrogen and oxygen atoms in total. The molecule has 8 N–H and O–H groups in total.